The number of nitrogens with two attached hydrogens (primary N) is 1. The van der Waals surface area contributed by atoms with Crippen molar-refractivity contribution in [3.05, 3.63) is 142 Å². The Hall–Kier alpha value is -4.40. The van der Waals surface area contributed by atoms with Gasteiger partial charge in [-0.25, -0.2) is 14.5 Å². The molecule has 0 spiro atoms. The van der Waals surface area contributed by atoms with E-state index in [1.54, 1.807) is 18.2 Å². The monoisotopic (exact) mass is 1570 g/mol. The molecule has 2 N–H and O–H groups in total. The fraction of sp³-hybridized carbons (Fsp3) is 0.600. The molecule has 0 saturated heterocycles. The third-order valence-electron chi connectivity index (χ3n) is 23.2. The first-order valence-corrected chi connectivity index (χ1v) is 40.2. The number of rotatable bonds is 13. The Morgan fingerprint density at radius 1 is 0.350 bits per heavy atom. The van der Waals surface area contributed by atoms with Crippen molar-refractivity contribution in [1.82, 2.24) is 0 Å². The van der Waals surface area contributed by atoms with Crippen LogP contribution < -0.4 is 20.1 Å². The Kier molecular flexibility index (Phi) is 37.5. The number of hydrogen-bond donors (Lipinski definition) is 1. The second kappa shape index (κ2) is 44.2. The van der Waals surface area contributed by atoms with Crippen molar-refractivity contribution < 1.29 is 102 Å². The number of nitrogens with zero attached hydrogens (tertiary/aromatic N) is 1. The zero-order chi connectivity index (χ0) is 69.8. The molecule has 9 nitrogen and oxygen atoms in total. The van der Waals surface area contributed by atoms with Gasteiger partial charge in [-0.1, -0.05) is 284 Å². The van der Waals surface area contributed by atoms with Gasteiger partial charge in [0.15, 0.2) is 0 Å². The Morgan fingerprint density at radius 3 is 1.06 bits per heavy atom. The number of anilines is 2. The van der Waals surface area contributed by atoms with Gasteiger partial charge in [0.1, 0.15) is 23.7 Å². The summed E-state index contributed by atoms with van der Waals surface area (Å²) < 4.78 is 17.5. The molecule has 13 heteroatoms. The van der Waals surface area contributed by atoms with Gasteiger partial charge in [-0.3, -0.25) is 9.59 Å². The summed E-state index contributed by atoms with van der Waals surface area (Å²) in [5.41, 5.74) is 15.4. The second-order valence-corrected chi connectivity index (χ2v) is 32.2. The van der Waals surface area contributed by atoms with Crippen LogP contribution in [-0.4, -0.2) is 36.0 Å². The zero-order valence-electron chi connectivity index (χ0n) is 63.8. The minimum atomic E-state index is -0.616. The predicted octanol–water partition coefficient (Wildman–Crippen LogP) is 25.6. The molecule has 8 aliphatic carbocycles. The van der Waals surface area contributed by atoms with Crippen LogP contribution in [0.5, 0.6) is 11.5 Å². The maximum atomic E-state index is 14.4. The third kappa shape index (κ3) is 23.8. The summed E-state index contributed by atoms with van der Waals surface area (Å²) >= 11 is 0. The Balaban J connectivity index is 0.000000220. The summed E-state index contributed by atoms with van der Waals surface area (Å²) in [6.07, 6.45) is 50.5. The van der Waals surface area contributed by atoms with Crippen LogP contribution in [0.1, 0.15) is 374 Å². The average molecular weight is 1570 g/mol. The van der Waals surface area contributed by atoms with Crippen LogP contribution in [0.3, 0.4) is 0 Å². The molecule has 16 rings (SSSR count). The van der Waals surface area contributed by atoms with E-state index >= 15 is 0 Å². The molecule has 568 valence electrons. The van der Waals surface area contributed by atoms with Crippen LogP contribution in [0, 0.1) is 23.7 Å². The number of amides is 2. The fourth-order valence-electron chi connectivity index (χ4n) is 17.9. The summed E-state index contributed by atoms with van der Waals surface area (Å²) in [6, 6.07) is 32.1. The summed E-state index contributed by atoms with van der Waals surface area (Å²) in [4.78, 5) is 53.9. The molecule has 8 fully saturated rings. The molecule has 0 atom stereocenters. The number of cyclic esters (lactones) is 2. The average Bonchev–Trinajstić information content (AvgIpc) is 1.00. The molecular weight excluding hydrogens is 1440 g/mol. The Bertz CT molecular complexity index is 3510. The van der Waals surface area contributed by atoms with E-state index in [2.05, 4.69) is 91.8 Å². The smallest absolute Gasteiger partial charge is 0.346 e. The van der Waals surface area contributed by atoms with E-state index in [0.29, 0.717) is 74.6 Å². The van der Waals surface area contributed by atoms with E-state index in [1.165, 1.54) is 240 Å². The molecular formula is C90H124Fe4N2O7. The van der Waals surface area contributed by atoms with Gasteiger partial charge in [0, 0.05) is 90.3 Å². The first kappa shape index (κ1) is 87.5. The molecule has 2 heterocycles. The van der Waals surface area contributed by atoms with Crippen LogP contribution in [0.4, 0.5) is 11.4 Å². The number of carbonyl (C=O) groups is 4. The predicted molar refractivity (Wildman–Crippen MR) is 411 cm³/mol. The maximum absolute atomic E-state index is 14.4. The first-order chi connectivity index (χ1) is 48.1. The summed E-state index contributed by atoms with van der Waals surface area (Å²) in [7, 11) is 0. The number of hydrogen-bond acceptors (Lipinski definition) is 8. The van der Waals surface area contributed by atoms with Gasteiger partial charge < -0.3 is 19.9 Å². The molecule has 10 aliphatic rings. The molecule has 8 saturated carbocycles. The van der Waals surface area contributed by atoms with E-state index in [9.17, 15) is 19.2 Å². The van der Waals surface area contributed by atoms with Gasteiger partial charge in [-0.05, 0) is 180 Å². The number of ether oxygens (including phenoxy) is 3. The van der Waals surface area contributed by atoms with Crippen molar-refractivity contribution in [2.24, 2.45) is 23.7 Å². The third-order valence-corrected chi connectivity index (χ3v) is 23.2. The summed E-state index contributed by atoms with van der Waals surface area (Å²) in [5.74, 6) is 3.47. The van der Waals surface area contributed by atoms with Crippen LogP contribution in [0.15, 0.2) is 97.1 Å². The quantitative estimate of drug-likeness (QED) is 0.0398. The number of imide groups is 1. The van der Waals surface area contributed by atoms with Crippen molar-refractivity contribution in [3.63, 3.8) is 0 Å². The molecule has 6 aromatic carbocycles. The van der Waals surface area contributed by atoms with Gasteiger partial charge in [-0.2, -0.15) is 0 Å². The molecule has 6 aromatic rings. The van der Waals surface area contributed by atoms with E-state index in [1.807, 2.05) is 42.5 Å². The zero-order valence-corrected chi connectivity index (χ0v) is 68.2. The van der Waals surface area contributed by atoms with Crippen LogP contribution in [-0.2, 0) is 73.0 Å². The van der Waals surface area contributed by atoms with Crippen molar-refractivity contribution in [2.75, 3.05) is 10.6 Å². The number of esters is 2. The van der Waals surface area contributed by atoms with Gasteiger partial charge in [0.05, 0.1) is 22.4 Å². The summed E-state index contributed by atoms with van der Waals surface area (Å²) in [6.45, 7) is 17.1. The number of nitrogen functional groups attached to an aromatic ring is 1. The SMILES string of the molecule is C1CCCC1.C1CCCC1.C1CCCC1.C1CCCC1.CC(C)C(Oc1cc2c3c(cccc3c1)C(=O)N(c1cc(C3CCCC3)ccc1C1CCCC1)C2=O)C(C)C.CC(C)C(Oc1cc2c3c(cccc3c1)C(=O)OC2=O)C(C)C.Nc1cc(C2CCCC2)ccc1C1CCCC1.[Fe].[Fe].[Fe].[Fe]. The second-order valence-electron chi connectivity index (χ2n) is 32.2. The molecule has 2 aliphatic heterocycles. The van der Waals surface area contributed by atoms with Crippen molar-refractivity contribution in [1.29, 1.82) is 0 Å². The molecule has 103 heavy (non-hydrogen) atoms. The van der Waals surface area contributed by atoms with Crippen molar-refractivity contribution in [3.8, 4) is 11.5 Å². The van der Waals surface area contributed by atoms with Gasteiger partial charge >= 0.3 is 11.9 Å². The minimum Gasteiger partial charge on any atom is -0.490 e. The van der Waals surface area contributed by atoms with Crippen LogP contribution in [0.2, 0.25) is 0 Å². The topological polar surface area (TPSA) is 125 Å². The Morgan fingerprint density at radius 2 is 0.670 bits per heavy atom. The van der Waals surface area contributed by atoms with Crippen LogP contribution >= 0.6 is 0 Å². The number of carbonyl (C=O) groups excluding carboxylic acids is 4. The normalized spacial score (nSPS) is 18.5. The van der Waals surface area contributed by atoms with E-state index in [0.717, 1.165) is 57.8 Å². The van der Waals surface area contributed by atoms with Crippen molar-refractivity contribution in [2.45, 2.75) is 322 Å². The molecule has 2 amide bonds. The molecule has 0 bridgehead atoms. The molecule has 0 unspecified atom stereocenters. The first-order valence-electron chi connectivity index (χ1n) is 40.2. The van der Waals surface area contributed by atoms with Crippen LogP contribution in [0.25, 0.3) is 21.5 Å². The molecule has 0 aromatic heterocycles. The molecule has 0 radical (unpaired) electrons. The van der Waals surface area contributed by atoms with Crippen molar-refractivity contribution >= 4 is 56.7 Å². The van der Waals surface area contributed by atoms with Gasteiger partial charge in [0.25, 0.3) is 11.8 Å². The number of benzene rings is 6. The van der Waals surface area contributed by atoms with Gasteiger partial charge in [0.2, 0.25) is 0 Å². The standard InChI is InChI=1S/C35H41NO3.C19H20O4.C16H23N.4C5H10.4Fe/c1-21(2)33(22(3)4)39-27-18-26-14-9-15-29-32(26)30(20-27)35(38)36(34(29)37)31-19-25(23-10-5-6-11-23)16-17-28(31)24-12-7-8-13-24;1-10(2)17(11(3)4)22-13-8-12-6-5-7-14-16(12)15(9-13)19(21)23-18(14)20;17-16-11-14(12-5-1-2-6-12)9-10-15(16)13-7-3-4-8-13;4*1-2-4-5-3-1;;;;/h9,14-24,33H,5-8,10-13H2,1-4H3;5-11,17H,1-4H3;9-13H,1-8,17H2;4*1-5H2;;;;. The van der Waals surface area contributed by atoms with E-state index in [-0.39, 0.29) is 92.3 Å². The maximum Gasteiger partial charge on any atom is 0.346 e. The van der Waals surface area contributed by atoms with E-state index in [4.69, 9.17) is 19.9 Å². The minimum absolute atomic E-state index is 0. The summed E-state index contributed by atoms with van der Waals surface area (Å²) in [5, 5.41) is 3.08. The Labute approximate surface area is 663 Å². The van der Waals surface area contributed by atoms with Gasteiger partial charge in [-0.15, -0.1) is 0 Å². The fourth-order valence-corrected chi connectivity index (χ4v) is 17.9. The largest absolute Gasteiger partial charge is 0.490 e. The van der Waals surface area contributed by atoms with E-state index < -0.39 is 11.9 Å².